The van der Waals surface area contributed by atoms with Crippen LogP contribution in [0.1, 0.15) is 45.4 Å². The summed E-state index contributed by atoms with van der Waals surface area (Å²) in [5.74, 6) is 0. The molecule has 4 heteroatoms. The Kier molecular flexibility index (Phi) is 11.3. The van der Waals surface area contributed by atoms with Crippen LogP contribution in [0.4, 0.5) is 0 Å². The highest BCUT2D eigenvalue weighted by Gasteiger charge is 2.27. The molecule has 0 bridgehead atoms. The summed E-state index contributed by atoms with van der Waals surface area (Å²) < 4.78 is 10.9. The molecule has 0 unspecified atom stereocenters. The molecule has 0 aliphatic heterocycles. The van der Waals surface area contributed by atoms with E-state index in [0.29, 0.717) is 0 Å². The number of unbranched alkanes of at least 4 members (excludes halogenated alkanes) is 4. The molecule has 0 amide bonds. The third kappa shape index (κ3) is 9.77. The minimum atomic E-state index is -1.82. The molecule has 0 rings (SSSR count). The van der Waals surface area contributed by atoms with Crippen molar-refractivity contribution in [1.82, 2.24) is 5.32 Å². The van der Waals surface area contributed by atoms with Gasteiger partial charge in [0.2, 0.25) is 0 Å². The van der Waals surface area contributed by atoms with E-state index in [0.717, 1.165) is 25.6 Å². The van der Waals surface area contributed by atoms with E-state index in [1.54, 1.807) is 14.2 Å². The van der Waals surface area contributed by atoms with E-state index in [4.69, 9.17) is 8.85 Å². The predicted octanol–water partition coefficient (Wildman–Crippen LogP) is 3.30. The molecule has 0 atom stereocenters. The van der Waals surface area contributed by atoms with Crippen LogP contribution >= 0.6 is 0 Å². The highest BCUT2D eigenvalue weighted by Crippen LogP contribution is 2.12. The fourth-order valence-electron chi connectivity index (χ4n) is 1.80. The molecular formula is C13H31NO2Si. The van der Waals surface area contributed by atoms with Crippen LogP contribution in [0.2, 0.25) is 12.6 Å². The Morgan fingerprint density at radius 1 is 0.882 bits per heavy atom. The third-order valence-corrected chi connectivity index (χ3v) is 6.29. The first kappa shape index (κ1) is 17.1. The molecule has 17 heavy (non-hydrogen) atoms. The first-order valence-corrected chi connectivity index (χ1v) is 9.52. The number of nitrogens with one attached hydrogen (secondary N) is 1. The van der Waals surface area contributed by atoms with E-state index in [2.05, 4.69) is 18.8 Å². The highest BCUT2D eigenvalue weighted by atomic mass is 28.4. The van der Waals surface area contributed by atoms with Crippen LogP contribution in [0, 0.1) is 0 Å². The monoisotopic (exact) mass is 261 g/mol. The van der Waals surface area contributed by atoms with Crippen molar-refractivity contribution in [2.75, 3.05) is 27.3 Å². The zero-order chi connectivity index (χ0) is 13.0. The molecule has 104 valence electrons. The van der Waals surface area contributed by atoms with Crippen molar-refractivity contribution in [1.29, 1.82) is 0 Å². The van der Waals surface area contributed by atoms with Gasteiger partial charge in [-0.15, -0.1) is 0 Å². The van der Waals surface area contributed by atoms with Crippen LogP contribution in [0.25, 0.3) is 0 Å². The van der Waals surface area contributed by atoms with Crippen molar-refractivity contribution < 1.29 is 8.85 Å². The summed E-state index contributed by atoms with van der Waals surface area (Å²) in [4.78, 5) is 0. The molecule has 0 aliphatic carbocycles. The fourth-order valence-corrected chi connectivity index (χ4v) is 3.19. The van der Waals surface area contributed by atoms with Gasteiger partial charge in [-0.2, -0.15) is 0 Å². The molecule has 0 aliphatic rings. The molecule has 3 nitrogen and oxygen atoms in total. The van der Waals surface area contributed by atoms with E-state index >= 15 is 0 Å². The van der Waals surface area contributed by atoms with Crippen molar-refractivity contribution in [3.05, 3.63) is 0 Å². The summed E-state index contributed by atoms with van der Waals surface area (Å²) in [6.45, 7) is 6.62. The van der Waals surface area contributed by atoms with Crippen molar-refractivity contribution in [2.24, 2.45) is 0 Å². The maximum absolute atomic E-state index is 5.45. The van der Waals surface area contributed by atoms with E-state index in [-0.39, 0.29) is 0 Å². The van der Waals surface area contributed by atoms with Gasteiger partial charge in [0, 0.05) is 14.2 Å². The Labute approximate surface area is 109 Å². The lowest BCUT2D eigenvalue weighted by atomic mass is 10.1. The number of hydrogen-bond donors (Lipinski definition) is 1. The topological polar surface area (TPSA) is 30.5 Å². The normalized spacial score (nSPS) is 12.0. The van der Waals surface area contributed by atoms with Gasteiger partial charge in [0.25, 0.3) is 0 Å². The van der Waals surface area contributed by atoms with Gasteiger partial charge in [-0.05, 0) is 38.5 Å². The van der Waals surface area contributed by atoms with E-state index in [1.807, 2.05) is 0 Å². The van der Waals surface area contributed by atoms with E-state index in [1.165, 1.54) is 32.1 Å². The maximum atomic E-state index is 5.45. The van der Waals surface area contributed by atoms with Gasteiger partial charge >= 0.3 is 8.56 Å². The SMILES string of the molecule is CCCCCCCNCCC[Si](C)(OC)OC. The van der Waals surface area contributed by atoms with Crippen LogP contribution in [-0.4, -0.2) is 35.9 Å². The Morgan fingerprint density at radius 2 is 1.47 bits per heavy atom. The Hall–Kier alpha value is 0.0969. The highest BCUT2D eigenvalue weighted by molar-refractivity contribution is 6.65. The van der Waals surface area contributed by atoms with Crippen LogP contribution in [-0.2, 0) is 8.85 Å². The minimum Gasteiger partial charge on any atom is -0.398 e. The van der Waals surface area contributed by atoms with Crippen LogP contribution in [0.3, 0.4) is 0 Å². The summed E-state index contributed by atoms with van der Waals surface area (Å²) in [6.07, 6.45) is 7.92. The van der Waals surface area contributed by atoms with Gasteiger partial charge in [0.15, 0.2) is 0 Å². The smallest absolute Gasteiger partial charge is 0.334 e. The van der Waals surface area contributed by atoms with Crippen LogP contribution in [0.15, 0.2) is 0 Å². The maximum Gasteiger partial charge on any atom is 0.334 e. The first-order valence-electron chi connectivity index (χ1n) is 6.99. The molecule has 0 heterocycles. The largest absolute Gasteiger partial charge is 0.398 e. The average molecular weight is 261 g/mol. The molecule has 0 aromatic rings. The zero-order valence-electron chi connectivity index (χ0n) is 12.2. The van der Waals surface area contributed by atoms with Crippen LogP contribution < -0.4 is 5.32 Å². The second-order valence-electron chi connectivity index (χ2n) is 4.81. The summed E-state index contributed by atoms with van der Waals surface area (Å²) in [6, 6.07) is 1.07. The summed E-state index contributed by atoms with van der Waals surface area (Å²) >= 11 is 0. The zero-order valence-corrected chi connectivity index (χ0v) is 13.2. The Bertz CT molecular complexity index is 163. The lowest BCUT2D eigenvalue weighted by molar-refractivity contribution is 0.248. The minimum absolute atomic E-state index is 1.07. The molecule has 0 aromatic heterocycles. The molecule has 0 saturated heterocycles. The van der Waals surface area contributed by atoms with Gasteiger partial charge in [0.1, 0.15) is 0 Å². The summed E-state index contributed by atoms with van der Waals surface area (Å²) in [7, 11) is 1.70. The second-order valence-corrected chi connectivity index (χ2v) is 8.39. The fraction of sp³-hybridized carbons (Fsp3) is 1.00. The molecule has 0 fully saturated rings. The van der Waals surface area contributed by atoms with Gasteiger partial charge in [-0.1, -0.05) is 32.6 Å². The van der Waals surface area contributed by atoms with Gasteiger partial charge in [-0.3, -0.25) is 0 Å². The van der Waals surface area contributed by atoms with Crippen molar-refractivity contribution in [3.8, 4) is 0 Å². The van der Waals surface area contributed by atoms with Gasteiger partial charge < -0.3 is 14.2 Å². The first-order chi connectivity index (χ1) is 8.18. The molecule has 0 saturated carbocycles. The number of hydrogen-bond acceptors (Lipinski definition) is 3. The predicted molar refractivity (Wildman–Crippen MR) is 76.7 cm³/mol. The van der Waals surface area contributed by atoms with Crippen molar-refractivity contribution in [2.45, 2.75) is 58.0 Å². The van der Waals surface area contributed by atoms with Crippen LogP contribution in [0.5, 0.6) is 0 Å². The van der Waals surface area contributed by atoms with Gasteiger partial charge in [0.05, 0.1) is 0 Å². The quantitative estimate of drug-likeness (QED) is 0.432. The average Bonchev–Trinajstić information content (AvgIpc) is 2.36. The molecule has 0 aromatic carbocycles. The Balaban J connectivity index is 3.23. The molecule has 1 N–H and O–H groups in total. The summed E-state index contributed by atoms with van der Waals surface area (Å²) in [5.41, 5.74) is 0. The van der Waals surface area contributed by atoms with E-state index in [9.17, 15) is 0 Å². The standard InChI is InChI=1S/C13H31NO2Si/c1-5-6-7-8-9-11-14-12-10-13-17(4,15-2)16-3/h14H,5-13H2,1-4H3. The molecule has 0 radical (unpaired) electrons. The van der Waals surface area contributed by atoms with E-state index < -0.39 is 8.56 Å². The second kappa shape index (κ2) is 11.2. The summed E-state index contributed by atoms with van der Waals surface area (Å²) in [5, 5.41) is 3.49. The number of rotatable bonds is 12. The molecule has 0 spiro atoms. The van der Waals surface area contributed by atoms with Gasteiger partial charge in [-0.25, -0.2) is 0 Å². The third-order valence-electron chi connectivity index (χ3n) is 3.31. The Morgan fingerprint density at radius 3 is 2.06 bits per heavy atom. The molecular weight excluding hydrogens is 230 g/mol. The van der Waals surface area contributed by atoms with Crippen molar-refractivity contribution >= 4 is 8.56 Å². The van der Waals surface area contributed by atoms with Crippen molar-refractivity contribution in [3.63, 3.8) is 0 Å². The lowest BCUT2D eigenvalue weighted by Gasteiger charge is -2.22. The lowest BCUT2D eigenvalue weighted by Crippen LogP contribution is -2.36.